The van der Waals surface area contributed by atoms with E-state index in [-0.39, 0.29) is 23.9 Å². The minimum Gasteiger partial charge on any atom is -0.497 e. The second-order valence-corrected chi connectivity index (χ2v) is 6.95. The minimum absolute atomic E-state index is 0. The smallest absolute Gasteiger partial charge is 0.169 e. The van der Waals surface area contributed by atoms with E-state index in [4.69, 9.17) is 14.2 Å². The number of rotatable bonds is 2. The van der Waals surface area contributed by atoms with Crippen molar-refractivity contribution in [3.05, 3.63) is 46.7 Å². The zero-order valence-electron chi connectivity index (χ0n) is 14.2. The first-order chi connectivity index (χ1) is 11.2. The molecular weight excluding hydrogens is 326 g/mol. The average molecular weight is 348 g/mol. The van der Waals surface area contributed by atoms with Gasteiger partial charge in [0.2, 0.25) is 0 Å². The van der Waals surface area contributed by atoms with Crippen molar-refractivity contribution in [3.8, 4) is 11.5 Å². The Kier molecular flexibility index (Phi) is 3.42. The van der Waals surface area contributed by atoms with Crippen LogP contribution in [-0.2, 0) is 16.6 Å². The van der Waals surface area contributed by atoms with Crippen LogP contribution in [0.5, 0.6) is 11.5 Å². The minimum atomic E-state index is -0.0747. The third kappa shape index (κ3) is 1.63. The maximum absolute atomic E-state index is 6.46. The molecule has 2 bridgehead atoms. The Bertz CT molecular complexity index is 772. The molecule has 3 atom stereocenters. The highest BCUT2D eigenvalue weighted by Gasteiger charge is 2.61. The number of benzene rings is 1. The molecule has 1 fully saturated rings. The first-order valence-electron chi connectivity index (χ1n) is 8.24. The van der Waals surface area contributed by atoms with Gasteiger partial charge in [0.1, 0.15) is 5.76 Å². The zero-order chi connectivity index (χ0) is 15.8. The Labute approximate surface area is 148 Å². The molecule has 4 aliphatic rings. The van der Waals surface area contributed by atoms with Crippen LogP contribution in [0.4, 0.5) is 0 Å². The molecule has 2 aliphatic carbocycles. The van der Waals surface area contributed by atoms with E-state index >= 15 is 0 Å². The Morgan fingerprint density at radius 3 is 2.79 bits per heavy atom. The first kappa shape index (κ1) is 15.9. The third-order valence-electron chi connectivity index (χ3n) is 6.16. The zero-order valence-corrected chi connectivity index (χ0v) is 15.0. The standard InChI is InChI=1S/C19H21NO3.ClH/c1-20-9-8-19-12-5-7-15(22-3)18(19)23-17-14(21-2)6-4-11(16(17)19)10-13(12)20;/h4-7,13,18H,8-10H2,1-3H3;1H/t13-,18+,19+;/m1./s1. The fourth-order valence-electron chi connectivity index (χ4n) is 5.10. The molecule has 1 saturated heterocycles. The highest BCUT2D eigenvalue weighted by Crippen LogP contribution is 2.62. The Balaban J connectivity index is 0.00000146. The van der Waals surface area contributed by atoms with Gasteiger partial charge < -0.3 is 14.2 Å². The number of methoxy groups -OCH3 is 2. The number of likely N-dealkylation sites (tertiary alicyclic amines) is 1. The highest BCUT2D eigenvalue weighted by atomic mass is 35.5. The number of piperidine rings is 1. The summed E-state index contributed by atoms with van der Waals surface area (Å²) in [6, 6.07) is 4.72. The summed E-state index contributed by atoms with van der Waals surface area (Å²) in [5.74, 6) is 2.68. The second kappa shape index (κ2) is 5.17. The molecule has 2 aliphatic heterocycles. The highest BCUT2D eigenvalue weighted by molar-refractivity contribution is 5.85. The van der Waals surface area contributed by atoms with Crippen molar-refractivity contribution in [1.29, 1.82) is 0 Å². The maximum atomic E-state index is 6.46. The summed E-state index contributed by atoms with van der Waals surface area (Å²) in [5.41, 5.74) is 4.15. The van der Waals surface area contributed by atoms with Crippen LogP contribution in [-0.4, -0.2) is 44.9 Å². The number of ether oxygens (including phenoxy) is 3. The number of nitrogens with zero attached hydrogens (tertiary/aromatic N) is 1. The molecule has 24 heavy (non-hydrogen) atoms. The maximum Gasteiger partial charge on any atom is 0.169 e. The topological polar surface area (TPSA) is 30.9 Å². The van der Waals surface area contributed by atoms with Crippen LogP contribution in [0.3, 0.4) is 0 Å². The fourth-order valence-corrected chi connectivity index (χ4v) is 5.10. The summed E-state index contributed by atoms with van der Waals surface area (Å²) in [7, 11) is 5.68. The molecule has 0 saturated carbocycles. The van der Waals surface area contributed by atoms with Gasteiger partial charge in [0.15, 0.2) is 17.6 Å². The first-order valence-corrected chi connectivity index (χ1v) is 8.24. The number of hydrogen-bond acceptors (Lipinski definition) is 4. The van der Waals surface area contributed by atoms with Gasteiger partial charge in [-0.25, -0.2) is 0 Å². The van der Waals surface area contributed by atoms with E-state index < -0.39 is 0 Å². The lowest BCUT2D eigenvalue weighted by atomic mass is 9.57. The van der Waals surface area contributed by atoms with Crippen LogP contribution in [0, 0.1) is 0 Å². The normalized spacial score (nSPS) is 32.0. The van der Waals surface area contributed by atoms with Crippen LogP contribution >= 0.6 is 12.4 Å². The lowest BCUT2D eigenvalue weighted by Gasteiger charge is -2.52. The third-order valence-corrected chi connectivity index (χ3v) is 6.16. The van der Waals surface area contributed by atoms with Crippen LogP contribution in [0.25, 0.3) is 0 Å². The largest absolute Gasteiger partial charge is 0.497 e. The molecule has 4 nitrogen and oxygen atoms in total. The molecule has 1 spiro atoms. The van der Waals surface area contributed by atoms with Crippen molar-refractivity contribution in [2.45, 2.75) is 30.4 Å². The number of likely N-dealkylation sites (N-methyl/N-ethyl adjacent to an activating group) is 1. The van der Waals surface area contributed by atoms with E-state index in [0.29, 0.717) is 6.04 Å². The van der Waals surface area contributed by atoms with E-state index in [0.717, 1.165) is 36.6 Å². The van der Waals surface area contributed by atoms with Crippen molar-refractivity contribution >= 4 is 12.4 Å². The van der Waals surface area contributed by atoms with Crippen molar-refractivity contribution < 1.29 is 14.2 Å². The molecule has 2 heterocycles. The Hall–Kier alpha value is -1.65. The second-order valence-electron chi connectivity index (χ2n) is 6.95. The van der Waals surface area contributed by atoms with Gasteiger partial charge >= 0.3 is 0 Å². The molecule has 0 aromatic heterocycles. The number of halogens is 1. The van der Waals surface area contributed by atoms with Crippen LogP contribution < -0.4 is 9.47 Å². The number of allylic oxidation sites excluding steroid dienone is 2. The van der Waals surface area contributed by atoms with Gasteiger partial charge in [0, 0.05) is 11.6 Å². The van der Waals surface area contributed by atoms with Gasteiger partial charge in [0.05, 0.1) is 19.6 Å². The summed E-state index contributed by atoms with van der Waals surface area (Å²) < 4.78 is 17.7. The molecule has 5 rings (SSSR count). The molecule has 128 valence electrons. The van der Waals surface area contributed by atoms with E-state index in [2.05, 4.69) is 30.2 Å². The van der Waals surface area contributed by atoms with E-state index in [1.807, 2.05) is 6.07 Å². The molecule has 0 N–H and O–H groups in total. The summed E-state index contributed by atoms with van der Waals surface area (Å²) in [4.78, 5) is 2.48. The van der Waals surface area contributed by atoms with Crippen LogP contribution in [0.15, 0.2) is 35.6 Å². The summed E-state index contributed by atoms with van der Waals surface area (Å²) >= 11 is 0. The molecule has 1 aromatic carbocycles. The molecule has 1 aromatic rings. The van der Waals surface area contributed by atoms with Gasteiger partial charge in [-0.2, -0.15) is 0 Å². The quantitative estimate of drug-likeness (QED) is 0.823. The van der Waals surface area contributed by atoms with Crippen LogP contribution in [0.2, 0.25) is 0 Å². The summed E-state index contributed by atoms with van der Waals surface area (Å²) in [6.07, 6.45) is 6.41. The van der Waals surface area contributed by atoms with Gasteiger partial charge in [0.25, 0.3) is 0 Å². The van der Waals surface area contributed by atoms with Crippen molar-refractivity contribution in [2.75, 3.05) is 27.8 Å². The molecular formula is C19H22ClNO3. The summed E-state index contributed by atoms with van der Waals surface area (Å²) in [6.45, 7) is 1.08. The lowest BCUT2D eigenvalue weighted by Crippen LogP contribution is -2.58. The van der Waals surface area contributed by atoms with Crippen molar-refractivity contribution in [1.82, 2.24) is 4.90 Å². The SMILES string of the molecule is COC1=CC=C2[C@H]3Cc4ccc(OC)c5c4[C@@]2(CCN3C)[C@H]1O5.Cl. The monoisotopic (exact) mass is 347 g/mol. The lowest BCUT2D eigenvalue weighted by molar-refractivity contribution is 0.0734. The molecule has 0 unspecified atom stereocenters. The predicted octanol–water partition coefficient (Wildman–Crippen LogP) is 2.85. The van der Waals surface area contributed by atoms with Crippen molar-refractivity contribution in [3.63, 3.8) is 0 Å². The van der Waals surface area contributed by atoms with Gasteiger partial charge in [-0.1, -0.05) is 12.1 Å². The Morgan fingerprint density at radius 1 is 1.21 bits per heavy atom. The van der Waals surface area contributed by atoms with Gasteiger partial charge in [-0.15, -0.1) is 12.4 Å². The van der Waals surface area contributed by atoms with E-state index in [1.54, 1.807) is 14.2 Å². The molecule has 5 heteroatoms. The van der Waals surface area contributed by atoms with Crippen molar-refractivity contribution in [2.24, 2.45) is 0 Å². The molecule has 0 radical (unpaired) electrons. The fraction of sp³-hybridized carbons (Fsp3) is 0.474. The predicted molar refractivity (Wildman–Crippen MR) is 94.3 cm³/mol. The van der Waals surface area contributed by atoms with Gasteiger partial charge in [-0.3, -0.25) is 4.90 Å². The number of hydrogen-bond donors (Lipinski definition) is 0. The molecule has 0 amide bonds. The summed E-state index contributed by atoms with van der Waals surface area (Å²) in [5, 5.41) is 0. The Morgan fingerprint density at radius 2 is 2.04 bits per heavy atom. The van der Waals surface area contributed by atoms with Gasteiger partial charge in [-0.05, 0) is 49.7 Å². The van der Waals surface area contributed by atoms with E-state index in [1.165, 1.54) is 16.7 Å². The van der Waals surface area contributed by atoms with Crippen LogP contribution in [0.1, 0.15) is 17.5 Å². The van der Waals surface area contributed by atoms with E-state index in [9.17, 15) is 0 Å². The average Bonchev–Trinajstić information content (AvgIpc) is 2.92.